The fourth-order valence-electron chi connectivity index (χ4n) is 5.75. The molecule has 0 spiro atoms. The molecule has 0 radical (unpaired) electrons. The van der Waals surface area contributed by atoms with Gasteiger partial charge in [0, 0.05) is 62.5 Å². The van der Waals surface area contributed by atoms with Gasteiger partial charge in [0.05, 0.1) is 23.1 Å². The molecule has 1 aromatic carbocycles. The lowest BCUT2D eigenvalue weighted by molar-refractivity contribution is 0.0943. The largest absolute Gasteiger partial charge is 0.456 e. The van der Waals surface area contributed by atoms with Crippen LogP contribution in [0.4, 0.5) is 5.69 Å². The van der Waals surface area contributed by atoms with Crippen molar-refractivity contribution in [3.63, 3.8) is 0 Å². The Morgan fingerprint density at radius 1 is 0.977 bits per heavy atom. The summed E-state index contributed by atoms with van der Waals surface area (Å²) in [5.41, 5.74) is 5.66. The number of ether oxygens (including phenoxy) is 1. The van der Waals surface area contributed by atoms with E-state index in [0.29, 0.717) is 35.6 Å². The first-order valence-corrected chi connectivity index (χ1v) is 15.0. The summed E-state index contributed by atoms with van der Waals surface area (Å²) < 4.78 is 5.99. The minimum atomic E-state index is -0.0975. The van der Waals surface area contributed by atoms with Crippen LogP contribution in [0.5, 0.6) is 11.5 Å². The number of amides is 1. The van der Waals surface area contributed by atoms with Crippen molar-refractivity contribution < 1.29 is 9.53 Å². The minimum Gasteiger partial charge on any atom is -0.456 e. The number of aryl methyl sites for hydroxylation is 3. The number of likely N-dealkylation sites (tertiary alicyclic amines) is 1. The second-order valence-corrected chi connectivity index (χ2v) is 11.3. The van der Waals surface area contributed by atoms with Gasteiger partial charge >= 0.3 is 0 Å². The summed E-state index contributed by atoms with van der Waals surface area (Å²) in [6.45, 7) is 11.5. The Labute approximate surface area is 254 Å². The molecule has 1 amide bonds. The standard InChI is InChI=1S/C34H41N7O2/c1-24-11-16-36-20-28(24)22-41(29-7-9-31(10-8-29)43-32-6-5-15-35-21-32)30-13-18-40(19-14-30)25(2)12-17-37-34(42)33-26(3)38-23-39-27(33)4/h5-11,15-16,20-21,23,25,30H,12-14,17-19,22H2,1-4H3,(H,37,42). The van der Waals surface area contributed by atoms with Crippen LogP contribution in [0, 0.1) is 20.8 Å². The fourth-order valence-corrected chi connectivity index (χ4v) is 5.75. The predicted octanol–water partition coefficient (Wildman–Crippen LogP) is 5.66. The van der Waals surface area contributed by atoms with Crippen molar-refractivity contribution in [3.8, 4) is 11.5 Å². The van der Waals surface area contributed by atoms with Crippen LogP contribution >= 0.6 is 0 Å². The molecule has 1 N–H and O–H groups in total. The molecule has 0 saturated carbocycles. The lowest BCUT2D eigenvalue weighted by Crippen LogP contribution is -2.48. The van der Waals surface area contributed by atoms with Crippen molar-refractivity contribution >= 4 is 11.6 Å². The molecular weight excluding hydrogens is 538 g/mol. The zero-order valence-electron chi connectivity index (χ0n) is 25.5. The minimum absolute atomic E-state index is 0.0975. The first-order valence-electron chi connectivity index (χ1n) is 15.0. The van der Waals surface area contributed by atoms with Gasteiger partial charge in [0.25, 0.3) is 5.91 Å². The molecule has 0 bridgehead atoms. The maximum Gasteiger partial charge on any atom is 0.254 e. The zero-order valence-corrected chi connectivity index (χ0v) is 25.5. The molecule has 1 aliphatic rings. The van der Waals surface area contributed by atoms with Crippen molar-refractivity contribution in [1.82, 2.24) is 30.2 Å². The molecular formula is C34H41N7O2. The van der Waals surface area contributed by atoms with E-state index in [2.05, 4.69) is 67.1 Å². The molecule has 1 fully saturated rings. The smallest absolute Gasteiger partial charge is 0.254 e. The van der Waals surface area contributed by atoms with Crippen molar-refractivity contribution in [1.29, 1.82) is 0 Å². The summed E-state index contributed by atoms with van der Waals surface area (Å²) in [6, 6.07) is 15.0. The molecule has 0 aliphatic carbocycles. The van der Waals surface area contributed by atoms with Crippen LogP contribution in [0.15, 0.2) is 73.6 Å². The molecule has 43 heavy (non-hydrogen) atoms. The van der Waals surface area contributed by atoms with E-state index in [1.807, 2.05) is 50.5 Å². The van der Waals surface area contributed by atoms with E-state index in [-0.39, 0.29) is 5.91 Å². The Hall–Kier alpha value is -4.37. The lowest BCUT2D eigenvalue weighted by Gasteiger charge is -2.42. The monoisotopic (exact) mass is 579 g/mol. The second kappa shape index (κ2) is 14.2. The Morgan fingerprint density at radius 3 is 2.37 bits per heavy atom. The molecule has 4 aromatic rings. The molecule has 1 aliphatic heterocycles. The van der Waals surface area contributed by atoms with E-state index in [1.165, 1.54) is 23.1 Å². The average molecular weight is 580 g/mol. The summed E-state index contributed by atoms with van der Waals surface area (Å²) in [4.78, 5) is 34.7. The van der Waals surface area contributed by atoms with Crippen LogP contribution in [0.1, 0.15) is 59.1 Å². The highest BCUT2D eigenvalue weighted by atomic mass is 16.5. The van der Waals surface area contributed by atoms with E-state index in [4.69, 9.17) is 4.74 Å². The summed E-state index contributed by atoms with van der Waals surface area (Å²) in [5.74, 6) is 1.41. The van der Waals surface area contributed by atoms with Crippen LogP contribution in [0.2, 0.25) is 0 Å². The van der Waals surface area contributed by atoms with E-state index < -0.39 is 0 Å². The van der Waals surface area contributed by atoms with Crippen molar-refractivity contribution in [2.45, 2.75) is 65.6 Å². The number of hydrogen-bond acceptors (Lipinski definition) is 8. The van der Waals surface area contributed by atoms with Gasteiger partial charge < -0.3 is 19.9 Å². The summed E-state index contributed by atoms with van der Waals surface area (Å²) in [5, 5.41) is 3.08. The van der Waals surface area contributed by atoms with Gasteiger partial charge in [0.2, 0.25) is 0 Å². The van der Waals surface area contributed by atoms with Gasteiger partial charge in [-0.25, -0.2) is 9.97 Å². The highest BCUT2D eigenvalue weighted by Gasteiger charge is 2.28. The van der Waals surface area contributed by atoms with Crippen LogP contribution in [0.25, 0.3) is 0 Å². The SMILES string of the molecule is Cc1ccncc1CN(c1ccc(Oc2cccnc2)cc1)C1CCN(C(C)CCNC(=O)c2c(C)ncnc2C)CC1. The number of benzene rings is 1. The topological polar surface area (TPSA) is 96.4 Å². The van der Waals surface area contributed by atoms with E-state index in [0.717, 1.165) is 50.4 Å². The Kier molecular flexibility index (Phi) is 9.94. The first kappa shape index (κ1) is 30.1. The van der Waals surface area contributed by atoms with Gasteiger partial charge in [-0.15, -0.1) is 0 Å². The highest BCUT2D eigenvalue weighted by Crippen LogP contribution is 2.30. The first-order chi connectivity index (χ1) is 20.9. The number of anilines is 1. The molecule has 1 atom stereocenters. The number of nitrogens with one attached hydrogen (secondary N) is 1. The molecule has 9 heteroatoms. The number of hydrogen-bond donors (Lipinski definition) is 1. The third kappa shape index (κ3) is 7.73. The van der Waals surface area contributed by atoms with Crippen LogP contribution in [-0.4, -0.2) is 62.5 Å². The summed E-state index contributed by atoms with van der Waals surface area (Å²) in [6.07, 6.45) is 11.8. The molecule has 224 valence electrons. The maximum atomic E-state index is 12.8. The van der Waals surface area contributed by atoms with Gasteiger partial charge in [0.15, 0.2) is 0 Å². The maximum absolute atomic E-state index is 12.8. The quantitative estimate of drug-likeness (QED) is 0.243. The molecule has 3 aromatic heterocycles. The molecule has 9 nitrogen and oxygen atoms in total. The van der Waals surface area contributed by atoms with Gasteiger partial charge in [0.1, 0.15) is 17.8 Å². The Morgan fingerprint density at radius 2 is 1.70 bits per heavy atom. The number of pyridine rings is 2. The van der Waals surface area contributed by atoms with Crippen LogP contribution in [0.3, 0.4) is 0 Å². The zero-order chi connectivity index (χ0) is 30.2. The molecule has 1 unspecified atom stereocenters. The molecule has 1 saturated heterocycles. The number of carbonyl (C=O) groups excluding carboxylic acids is 1. The van der Waals surface area contributed by atoms with Crippen molar-refractivity contribution in [2.24, 2.45) is 0 Å². The van der Waals surface area contributed by atoms with Gasteiger partial charge in [-0.3, -0.25) is 14.8 Å². The normalized spacial score (nSPS) is 14.7. The third-order valence-corrected chi connectivity index (χ3v) is 8.39. The van der Waals surface area contributed by atoms with E-state index in [1.54, 1.807) is 12.4 Å². The number of carbonyl (C=O) groups is 1. The summed E-state index contributed by atoms with van der Waals surface area (Å²) >= 11 is 0. The molecule has 5 rings (SSSR count). The van der Waals surface area contributed by atoms with E-state index >= 15 is 0 Å². The van der Waals surface area contributed by atoms with Crippen LogP contribution < -0.4 is 15.0 Å². The van der Waals surface area contributed by atoms with Crippen molar-refractivity contribution in [2.75, 3.05) is 24.5 Å². The van der Waals surface area contributed by atoms with Gasteiger partial charge in [-0.2, -0.15) is 0 Å². The number of aromatic nitrogens is 4. The average Bonchev–Trinajstić information content (AvgIpc) is 3.02. The fraction of sp³-hybridized carbons (Fsp3) is 0.382. The highest BCUT2D eigenvalue weighted by molar-refractivity contribution is 5.96. The number of rotatable bonds is 11. The summed E-state index contributed by atoms with van der Waals surface area (Å²) in [7, 11) is 0. The number of nitrogens with zero attached hydrogens (tertiary/aromatic N) is 6. The van der Waals surface area contributed by atoms with Crippen molar-refractivity contribution in [3.05, 3.63) is 102 Å². The Balaban J connectivity index is 1.20. The third-order valence-electron chi connectivity index (χ3n) is 8.39. The predicted molar refractivity (Wildman–Crippen MR) is 168 cm³/mol. The number of piperidine rings is 1. The Bertz CT molecular complexity index is 1470. The lowest BCUT2D eigenvalue weighted by atomic mass is 9.99. The second-order valence-electron chi connectivity index (χ2n) is 11.3. The van der Waals surface area contributed by atoms with E-state index in [9.17, 15) is 4.79 Å². The molecule has 4 heterocycles. The van der Waals surface area contributed by atoms with Gasteiger partial charge in [-0.05, 0) is 101 Å². The van der Waals surface area contributed by atoms with Gasteiger partial charge in [-0.1, -0.05) is 0 Å². The van der Waals surface area contributed by atoms with Crippen LogP contribution in [-0.2, 0) is 6.54 Å².